The Kier molecular flexibility index (Phi) is 12.1. The predicted molar refractivity (Wildman–Crippen MR) is 179 cm³/mol. The number of anilines is 1. The summed E-state index contributed by atoms with van der Waals surface area (Å²) < 4.78 is 82.4. The van der Waals surface area contributed by atoms with Gasteiger partial charge in [-0.15, -0.1) is 0 Å². The number of hydrogen-bond acceptors (Lipinski definition) is 9. The summed E-state index contributed by atoms with van der Waals surface area (Å²) in [5, 5.41) is 0. The topological polar surface area (TPSA) is 120 Å². The van der Waals surface area contributed by atoms with Crippen molar-refractivity contribution in [2.45, 2.75) is 78.0 Å². The standard InChI is InChI=1S/C33H48F3N7O5S/c1-5-42(6-2)49(45,46)39-25-8-9-26(47-19-25)17-40-13-11-33(12-14-40)20-41(21-33)31-29(16-37-22-38-31)48-28-10-7-24(34)15-27(28)32(44)43(23(3)4)18-30(35)36/h7,10,15-16,22-23,25-26,30,39H,5-6,8-9,11-14,17-21H2,1-4H3/t25-,26+/m1/s1. The predicted octanol–water partition coefficient (Wildman–Crippen LogP) is 4.15. The van der Waals surface area contributed by atoms with Crippen molar-refractivity contribution in [1.82, 2.24) is 28.8 Å². The zero-order valence-corrected chi connectivity index (χ0v) is 29.5. The molecule has 0 radical (unpaired) electrons. The van der Waals surface area contributed by atoms with Crippen LogP contribution in [0.4, 0.5) is 19.0 Å². The quantitative estimate of drug-likeness (QED) is 0.308. The number of nitrogens with one attached hydrogen (secondary N) is 1. The highest BCUT2D eigenvalue weighted by Crippen LogP contribution is 2.45. The van der Waals surface area contributed by atoms with E-state index in [1.165, 1.54) is 22.9 Å². The first-order chi connectivity index (χ1) is 23.3. The molecule has 1 aromatic carbocycles. The van der Waals surface area contributed by atoms with Gasteiger partial charge < -0.3 is 24.2 Å². The minimum absolute atomic E-state index is 0.0310. The van der Waals surface area contributed by atoms with Crippen molar-refractivity contribution in [2.24, 2.45) is 5.41 Å². The second kappa shape index (κ2) is 15.9. The summed E-state index contributed by atoms with van der Waals surface area (Å²) in [6.45, 7) is 11.5. The molecule has 1 amide bonds. The molecule has 12 nitrogen and oxygen atoms in total. The van der Waals surface area contributed by atoms with Gasteiger partial charge in [-0.1, -0.05) is 13.8 Å². The van der Waals surface area contributed by atoms with Crippen molar-refractivity contribution in [3.63, 3.8) is 0 Å². The van der Waals surface area contributed by atoms with E-state index in [1.54, 1.807) is 13.8 Å². The fourth-order valence-corrected chi connectivity index (χ4v) is 8.38. The van der Waals surface area contributed by atoms with Crippen molar-refractivity contribution in [3.8, 4) is 11.5 Å². The SMILES string of the molecule is CCN(CC)S(=O)(=O)N[C@@H]1CC[C@@H](CN2CCC3(CC2)CN(c2ncncc2Oc2ccc(F)cc2C(=O)N(CC(F)F)C(C)C)C3)OC1. The van der Waals surface area contributed by atoms with E-state index in [2.05, 4.69) is 24.5 Å². The summed E-state index contributed by atoms with van der Waals surface area (Å²) in [7, 11) is -3.52. The van der Waals surface area contributed by atoms with Crippen molar-refractivity contribution in [1.29, 1.82) is 0 Å². The van der Waals surface area contributed by atoms with Crippen LogP contribution in [0.3, 0.4) is 0 Å². The second-order valence-electron chi connectivity index (χ2n) is 13.5. The second-order valence-corrected chi connectivity index (χ2v) is 15.2. The maximum Gasteiger partial charge on any atom is 0.279 e. The van der Waals surface area contributed by atoms with Crippen LogP contribution in [0.15, 0.2) is 30.7 Å². The van der Waals surface area contributed by atoms with E-state index in [0.717, 1.165) is 75.4 Å². The fraction of sp³-hybridized carbons (Fsp3) is 0.667. The van der Waals surface area contributed by atoms with Gasteiger partial charge in [-0.3, -0.25) is 4.79 Å². The van der Waals surface area contributed by atoms with Crippen LogP contribution in [0, 0.1) is 11.2 Å². The maximum absolute atomic E-state index is 14.3. The Balaban J connectivity index is 1.14. The number of alkyl halides is 2. The Morgan fingerprint density at radius 1 is 1.14 bits per heavy atom. The Labute approximate surface area is 287 Å². The number of nitrogens with zero attached hydrogens (tertiary/aromatic N) is 6. The number of likely N-dealkylation sites (tertiary alicyclic amines) is 1. The number of aromatic nitrogens is 2. The molecule has 16 heteroatoms. The average Bonchev–Trinajstić information content (AvgIpc) is 3.05. The molecule has 5 rings (SSSR count). The van der Waals surface area contributed by atoms with E-state index >= 15 is 0 Å². The first kappa shape index (κ1) is 37.2. The van der Waals surface area contributed by atoms with Crippen LogP contribution in [0.1, 0.15) is 63.7 Å². The van der Waals surface area contributed by atoms with Crippen molar-refractivity contribution in [3.05, 3.63) is 42.1 Å². The summed E-state index contributed by atoms with van der Waals surface area (Å²) >= 11 is 0. The van der Waals surface area contributed by atoms with E-state index in [1.807, 2.05) is 13.8 Å². The summed E-state index contributed by atoms with van der Waals surface area (Å²) in [6, 6.07) is 2.71. The molecule has 3 saturated heterocycles. The molecule has 1 aromatic heterocycles. The van der Waals surface area contributed by atoms with Gasteiger partial charge in [0.2, 0.25) is 0 Å². The molecule has 3 fully saturated rings. The summed E-state index contributed by atoms with van der Waals surface area (Å²) in [5.74, 6) is -0.581. The Bertz CT molecular complexity index is 1520. The first-order valence-electron chi connectivity index (χ1n) is 17.1. The monoisotopic (exact) mass is 711 g/mol. The van der Waals surface area contributed by atoms with Gasteiger partial charge in [0, 0.05) is 50.2 Å². The number of benzene rings is 1. The zero-order valence-electron chi connectivity index (χ0n) is 28.7. The minimum atomic E-state index is -3.52. The number of ether oxygens (including phenoxy) is 2. The Morgan fingerprint density at radius 2 is 1.86 bits per heavy atom. The number of amides is 1. The Hall–Kier alpha value is -3.05. The number of halogens is 3. The highest BCUT2D eigenvalue weighted by molar-refractivity contribution is 7.87. The molecule has 1 N–H and O–H groups in total. The van der Waals surface area contributed by atoms with E-state index in [-0.39, 0.29) is 34.6 Å². The van der Waals surface area contributed by atoms with Crippen LogP contribution in [0.5, 0.6) is 11.5 Å². The molecule has 0 aliphatic carbocycles. The lowest BCUT2D eigenvalue weighted by molar-refractivity contribution is -0.0301. The minimum Gasteiger partial charge on any atom is -0.451 e. The van der Waals surface area contributed by atoms with Crippen LogP contribution in [0.25, 0.3) is 0 Å². The van der Waals surface area contributed by atoms with Gasteiger partial charge in [-0.2, -0.15) is 17.4 Å². The molecule has 1 spiro atoms. The van der Waals surface area contributed by atoms with E-state index in [0.29, 0.717) is 25.5 Å². The zero-order chi connectivity index (χ0) is 35.3. The third kappa shape index (κ3) is 9.01. The van der Waals surface area contributed by atoms with Gasteiger partial charge in [0.1, 0.15) is 17.9 Å². The van der Waals surface area contributed by atoms with Gasteiger partial charge in [0.25, 0.3) is 22.5 Å². The highest BCUT2D eigenvalue weighted by Gasteiger charge is 2.46. The van der Waals surface area contributed by atoms with Crippen molar-refractivity contribution in [2.75, 3.05) is 63.9 Å². The number of rotatable bonds is 14. The largest absolute Gasteiger partial charge is 0.451 e. The van der Waals surface area contributed by atoms with Crippen molar-refractivity contribution >= 4 is 21.9 Å². The highest BCUT2D eigenvalue weighted by atomic mass is 32.2. The van der Waals surface area contributed by atoms with Crippen molar-refractivity contribution < 1.29 is 35.9 Å². The van der Waals surface area contributed by atoms with E-state index in [9.17, 15) is 26.4 Å². The number of carbonyl (C=O) groups is 1. The van der Waals surface area contributed by atoms with Crippen LogP contribution < -0.4 is 14.4 Å². The fourth-order valence-electron chi connectivity index (χ4n) is 6.95. The molecule has 0 saturated carbocycles. The number of piperidine rings is 1. The Morgan fingerprint density at radius 3 is 2.47 bits per heavy atom. The van der Waals surface area contributed by atoms with Gasteiger partial charge >= 0.3 is 0 Å². The molecule has 3 aliphatic heterocycles. The summed E-state index contributed by atoms with van der Waals surface area (Å²) in [4.78, 5) is 27.4. The first-order valence-corrected chi connectivity index (χ1v) is 18.5. The van der Waals surface area contributed by atoms with Crippen LogP contribution in [0.2, 0.25) is 0 Å². The molecule has 272 valence electrons. The van der Waals surface area contributed by atoms with Crippen LogP contribution in [-0.2, 0) is 14.9 Å². The molecule has 3 aliphatic rings. The lowest BCUT2D eigenvalue weighted by Gasteiger charge is -2.54. The van der Waals surface area contributed by atoms with Gasteiger partial charge in [0.15, 0.2) is 11.6 Å². The molecule has 0 unspecified atom stereocenters. The molecule has 4 heterocycles. The third-order valence-corrected chi connectivity index (χ3v) is 11.6. The average molecular weight is 712 g/mol. The molecular weight excluding hydrogens is 663 g/mol. The lowest BCUT2D eigenvalue weighted by Crippen LogP contribution is -2.61. The summed E-state index contributed by atoms with van der Waals surface area (Å²) in [6.07, 6.45) is 3.74. The third-order valence-electron chi connectivity index (χ3n) is 9.73. The number of hydrogen-bond donors (Lipinski definition) is 1. The van der Waals surface area contributed by atoms with E-state index < -0.39 is 40.9 Å². The normalized spacial score (nSPS) is 21.4. The maximum atomic E-state index is 14.3. The molecule has 2 aromatic rings. The van der Waals surface area contributed by atoms with Crippen LogP contribution in [-0.4, -0.2) is 122 Å². The van der Waals surface area contributed by atoms with Crippen LogP contribution >= 0.6 is 0 Å². The van der Waals surface area contributed by atoms with Gasteiger partial charge in [-0.25, -0.2) is 23.1 Å². The molecule has 49 heavy (non-hydrogen) atoms. The molecule has 0 bridgehead atoms. The molecular formula is C33H48F3N7O5S. The smallest absolute Gasteiger partial charge is 0.279 e. The lowest BCUT2D eigenvalue weighted by atomic mass is 9.72. The number of carbonyl (C=O) groups excluding carboxylic acids is 1. The van der Waals surface area contributed by atoms with Gasteiger partial charge in [0.05, 0.1) is 31.0 Å². The van der Waals surface area contributed by atoms with Gasteiger partial charge in [-0.05, 0) is 70.8 Å². The van der Waals surface area contributed by atoms with E-state index in [4.69, 9.17) is 9.47 Å². The molecule has 2 atom stereocenters. The summed E-state index contributed by atoms with van der Waals surface area (Å²) in [5.41, 5.74) is -0.0423.